The van der Waals surface area contributed by atoms with E-state index in [2.05, 4.69) is 5.32 Å². The van der Waals surface area contributed by atoms with Gasteiger partial charge in [-0.25, -0.2) is 4.39 Å². The molecule has 1 amide bonds. The Labute approximate surface area is 215 Å². The summed E-state index contributed by atoms with van der Waals surface area (Å²) in [5.41, 5.74) is 6.07. The largest absolute Gasteiger partial charge is 0.454 e. The summed E-state index contributed by atoms with van der Waals surface area (Å²) in [6.45, 7) is 4.04. The fourth-order valence-electron chi connectivity index (χ4n) is 5.39. The first kappa shape index (κ1) is 23.4. The standard InChI is InChI=1S/C27H22ClFN2O4S/c1-12(2)13-6-9-16-19(10-13)35-27(34)17-4-3-5-18(30)21(17)24(32)26(16,27)31-25(33)23-22(28)15-8-7-14(29)11-20(15)36-23/h3-4,6-12,18,34H,5,30H2,1-2H3,(H,31,33). The fourth-order valence-corrected chi connectivity index (χ4v) is 6.83. The number of hydrogen-bond donors (Lipinski definition) is 3. The average molecular weight is 525 g/mol. The van der Waals surface area contributed by atoms with Crippen LogP contribution in [0.2, 0.25) is 5.02 Å². The smallest absolute Gasteiger partial charge is 0.270 e. The SMILES string of the molecule is CC(C)c1ccc2c(c1)OC1(O)C3=C(C(=O)C21NC(=O)c1sc2cc(F)ccc2c1Cl)C(N)CC=C3. The van der Waals surface area contributed by atoms with Crippen LogP contribution in [0.25, 0.3) is 10.1 Å². The lowest BCUT2D eigenvalue weighted by molar-refractivity contribution is -0.154. The summed E-state index contributed by atoms with van der Waals surface area (Å²) < 4.78 is 20.4. The number of benzene rings is 2. The number of nitrogens with two attached hydrogens (primary N) is 1. The number of hydrogen-bond acceptors (Lipinski definition) is 6. The molecule has 2 heterocycles. The summed E-state index contributed by atoms with van der Waals surface area (Å²) in [5.74, 6) is -3.38. The lowest BCUT2D eigenvalue weighted by Gasteiger charge is -2.35. The Kier molecular flexibility index (Phi) is 5.02. The first-order valence-electron chi connectivity index (χ1n) is 11.6. The van der Waals surface area contributed by atoms with Gasteiger partial charge in [0.05, 0.1) is 5.02 Å². The second kappa shape index (κ2) is 7.73. The van der Waals surface area contributed by atoms with E-state index in [-0.39, 0.29) is 27.0 Å². The molecule has 4 N–H and O–H groups in total. The quantitative estimate of drug-likeness (QED) is 0.461. The molecular formula is C27H22ClFN2O4S. The van der Waals surface area contributed by atoms with Crippen LogP contribution in [0, 0.1) is 5.82 Å². The maximum absolute atomic E-state index is 14.1. The molecule has 9 heteroatoms. The van der Waals surface area contributed by atoms with E-state index in [1.54, 1.807) is 24.3 Å². The minimum atomic E-state index is -2.20. The molecule has 3 aromatic rings. The van der Waals surface area contributed by atoms with Crippen LogP contribution in [0.3, 0.4) is 0 Å². The summed E-state index contributed by atoms with van der Waals surface area (Å²) in [6, 6.07) is 8.74. The Morgan fingerprint density at radius 2 is 2.08 bits per heavy atom. The number of thiophene rings is 1. The zero-order chi connectivity index (χ0) is 25.6. The average Bonchev–Trinajstić information content (AvgIpc) is 3.36. The minimum Gasteiger partial charge on any atom is -0.454 e. The lowest BCUT2D eigenvalue weighted by atomic mass is 9.81. The van der Waals surface area contributed by atoms with Crippen molar-refractivity contribution in [3.05, 3.63) is 86.5 Å². The summed E-state index contributed by atoms with van der Waals surface area (Å²) in [5, 5.41) is 15.5. The molecule has 0 radical (unpaired) electrons. The Hall–Kier alpha value is -3.04. The van der Waals surface area contributed by atoms with Gasteiger partial charge in [0.15, 0.2) is 5.78 Å². The van der Waals surface area contributed by atoms with Crippen molar-refractivity contribution in [2.75, 3.05) is 0 Å². The number of ether oxygens (including phenoxy) is 1. The van der Waals surface area contributed by atoms with Gasteiger partial charge in [-0.05, 0) is 42.2 Å². The number of carbonyl (C=O) groups is 2. The second-order valence-electron chi connectivity index (χ2n) is 9.65. The van der Waals surface area contributed by atoms with Gasteiger partial charge in [0.25, 0.3) is 11.7 Å². The fraction of sp³-hybridized carbons (Fsp3) is 0.259. The molecule has 3 aliphatic rings. The normalized spacial score (nSPS) is 26.3. The maximum atomic E-state index is 14.1. The molecule has 0 fully saturated rings. The number of ketones is 1. The van der Waals surface area contributed by atoms with Crippen LogP contribution < -0.4 is 15.8 Å². The Balaban J connectivity index is 1.53. The van der Waals surface area contributed by atoms with Crippen molar-refractivity contribution in [3.63, 3.8) is 0 Å². The van der Waals surface area contributed by atoms with E-state index in [4.69, 9.17) is 22.1 Å². The van der Waals surface area contributed by atoms with Crippen molar-refractivity contribution < 1.29 is 23.8 Å². The van der Waals surface area contributed by atoms with Crippen molar-refractivity contribution in [2.24, 2.45) is 5.73 Å². The molecule has 6 rings (SSSR count). The summed E-state index contributed by atoms with van der Waals surface area (Å²) in [7, 11) is 0. The van der Waals surface area contributed by atoms with Crippen molar-refractivity contribution in [1.82, 2.24) is 5.32 Å². The van der Waals surface area contributed by atoms with Crippen molar-refractivity contribution >= 4 is 44.7 Å². The van der Waals surface area contributed by atoms with Gasteiger partial charge in [-0.2, -0.15) is 0 Å². The lowest BCUT2D eigenvalue weighted by Crippen LogP contribution is -2.63. The number of Topliss-reactive ketones (excluding diaryl/α,β-unsaturated/α-hetero) is 1. The van der Waals surface area contributed by atoms with Gasteiger partial charge in [0.1, 0.15) is 16.4 Å². The molecule has 0 saturated heterocycles. The van der Waals surface area contributed by atoms with Gasteiger partial charge >= 0.3 is 0 Å². The van der Waals surface area contributed by atoms with Gasteiger partial charge in [0.2, 0.25) is 5.54 Å². The third-order valence-electron chi connectivity index (χ3n) is 7.23. The van der Waals surface area contributed by atoms with Gasteiger partial charge in [0, 0.05) is 32.8 Å². The molecule has 0 bridgehead atoms. The molecule has 1 aromatic heterocycles. The molecule has 3 unspecified atom stereocenters. The van der Waals surface area contributed by atoms with Crippen LogP contribution in [0.5, 0.6) is 5.75 Å². The predicted molar refractivity (Wildman–Crippen MR) is 136 cm³/mol. The van der Waals surface area contributed by atoms with Crippen LogP contribution in [0.4, 0.5) is 4.39 Å². The van der Waals surface area contributed by atoms with Crippen molar-refractivity contribution in [3.8, 4) is 5.75 Å². The summed E-state index contributed by atoms with van der Waals surface area (Å²) >= 11 is 7.51. The summed E-state index contributed by atoms with van der Waals surface area (Å²) in [6.07, 6.45) is 3.82. The molecule has 2 aromatic carbocycles. The molecule has 6 nitrogen and oxygen atoms in total. The third-order valence-corrected chi connectivity index (χ3v) is 8.88. The number of halogens is 2. The third kappa shape index (κ3) is 2.90. The van der Waals surface area contributed by atoms with Crippen LogP contribution >= 0.6 is 22.9 Å². The van der Waals surface area contributed by atoms with Crippen LogP contribution in [0.1, 0.15) is 47.0 Å². The molecule has 0 saturated carbocycles. The molecule has 1 aliphatic heterocycles. The first-order chi connectivity index (χ1) is 17.1. The van der Waals surface area contributed by atoms with E-state index in [1.807, 2.05) is 19.9 Å². The Bertz CT molecular complexity index is 1560. The molecule has 0 spiro atoms. The monoisotopic (exact) mass is 524 g/mol. The first-order valence-corrected chi connectivity index (χ1v) is 12.8. The highest BCUT2D eigenvalue weighted by Crippen LogP contribution is 2.58. The van der Waals surface area contributed by atoms with Crippen molar-refractivity contribution in [1.29, 1.82) is 0 Å². The molecular weight excluding hydrogens is 503 g/mol. The number of fused-ring (bicyclic) bond motifs is 5. The van der Waals surface area contributed by atoms with Gasteiger partial charge in [-0.1, -0.05) is 49.7 Å². The van der Waals surface area contributed by atoms with Crippen molar-refractivity contribution in [2.45, 2.75) is 43.6 Å². The van der Waals surface area contributed by atoms with Gasteiger partial charge in [-0.15, -0.1) is 11.3 Å². The van der Waals surface area contributed by atoms with E-state index < -0.39 is 34.9 Å². The Morgan fingerprint density at radius 3 is 2.83 bits per heavy atom. The van der Waals surface area contributed by atoms with Gasteiger partial charge in [-0.3, -0.25) is 9.59 Å². The zero-order valence-electron chi connectivity index (χ0n) is 19.4. The molecule has 2 aliphatic carbocycles. The van der Waals surface area contributed by atoms with Gasteiger partial charge < -0.3 is 20.9 Å². The zero-order valence-corrected chi connectivity index (χ0v) is 21.0. The van der Waals surface area contributed by atoms with E-state index in [0.717, 1.165) is 16.9 Å². The predicted octanol–water partition coefficient (Wildman–Crippen LogP) is 4.69. The van der Waals surface area contributed by atoms with E-state index in [0.29, 0.717) is 27.8 Å². The van der Waals surface area contributed by atoms with E-state index >= 15 is 0 Å². The highest BCUT2D eigenvalue weighted by Gasteiger charge is 2.72. The molecule has 36 heavy (non-hydrogen) atoms. The molecule has 3 atom stereocenters. The highest BCUT2D eigenvalue weighted by molar-refractivity contribution is 7.21. The van der Waals surface area contributed by atoms with Crippen LogP contribution in [-0.4, -0.2) is 28.6 Å². The number of aliphatic hydroxyl groups is 1. The molecule has 184 valence electrons. The second-order valence-corrected chi connectivity index (χ2v) is 11.1. The van der Waals surface area contributed by atoms with E-state index in [9.17, 15) is 19.1 Å². The minimum absolute atomic E-state index is 0.0961. The van der Waals surface area contributed by atoms with Crippen LogP contribution in [0.15, 0.2) is 59.7 Å². The number of carbonyl (C=O) groups excluding carboxylic acids is 2. The Morgan fingerprint density at radius 1 is 1.31 bits per heavy atom. The number of amides is 1. The van der Waals surface area contributed by atoms with Crippen LogP contribution in [-0.2, 0) is 10.3 Å². The van der Waals surface area contributed by atoms with E-state index in [1.165, 1.54) is 18.2 Å². The summed E-state index contributed by atoms with van der Waals surface area (Å²) in [4.78, 5) is 27.9. The highest BCUT2D eigenvalue weighted by atomic mass is 35.5. The topological polar surface area (TPSA) is 102 Å². The number of rotatable bonds is 3. The number of nitrogens with one attached hydrogen (secondary N) is 1. The maximum Gasteiger partial charge on any atom is 0.270 e.